The maximum absolute atomic E-state index is 12.8. The maximum atomic E-state index is 12.8. The first-order valence-electron chi connectivity index (χ1n) is 13.6. The van der Waals surface area contributed by atoms with Gasteiger partial charge in [0.25, 0.3) is 0 Å². The molecule has 3 aromatic carbocycles. The van der Waals surface area contributed by atoms with Gasteiger partial charge < -0.3 is 30.7 Å². The summed E-state index contributed by atoms with van der Waals surface area (Å²) in [6.45, 7) is 5.32. The molecule has 4 rings (SSSR count). The number of amides is 3. The van der Waals surface area contributed by atoms with Gasteiger partial charge in [0.2, 0.25) is 5.91 Å². The number of rotatable bonds is 10. The molecule has 3 amide bonds. The number of carbonyl (C=O) groups excluding carboxylic acids is 2. The van der Waals surface area contributed by atoms with Crippen LogP contribution in [0.2, 0.25) is 0 Å². The second kappa shape index (κ2) is 13.8. The van der Waals surface area contributed by atoms with Crippen LogP contribution in [0.3, 0.4) is 0 Å². The van der Waals surface area contributed by atoms with Gasteiger partial charge in [-0.1, -0.05) is 36.4 Å². The number of nitrogens with one attached hydrogen (secondary N) is 3. The average Bonchev–Trinajstić information content (AvgIpc) is 2.94. The molecule has 216 valence electrons. The number of hydrogen-bond donors (Lipinski definition) is 4. The van der Waals surface area contributed by atoms with Crippen LogP contribution < -0.4 is 20.7 Å². The van der Waals surface area contributed by atoms with Crippen LogP contribution >= 0.6 is 0 Å². The Morgan fingerprint density at radius 2 is 1.59 bits per heavy atom. The highest BCUT2D eigenvalue weighted by atomic mass is 16.5. The van der Waals surface area contributed by atoms with E-state index in [1.807, 2.05) is 43.3 Å². The van der Waals surface area contributed by atoms with Crippen LogP contribution in [0.15, 0.2) is 66.7 Å². The first-order valence-corrected chi connectivity index (χ1v) is 13.6. The SMILES string of the molecule is COc1cc(CC(=O)Nc2ccc(C(CC(=O)O)N3CCN(C)CC3)cc2)ccc1NC(=O)Nc1ccccc1C. The van der Waals surface area contributed by atoms with Gasteiger partial charge in [0.1, 0.15) is 5.75 Å². The summed E-state index contributed by atoms with van der Waals surface area (Å²) < 4.78 is 5.46. The standard InChI is InChI=1S/C31H37N5O5/c1-21-6-4-5-7-25(21)33-31(40)34-26-13-8-22(18-28(26)41-3)19-29(37)32-24-11-9-23(10-12-24)27(20-30(38)39)36-16-14-35(2)15-17-36/h4-13,18,27H,14-17,19-20H2,1-3H3,(H,32,37)(H,38,39)(H2,33,34,40). The molecule has 1 atom stereocenters. The zero-order valence-corrected chi connectivity index (χ0v) is 23.6. The van der Waals surface area contributed by atoms with Gasteiger partial charge in [0.05, 0.1) is 25.6 Å². The first kappa shape index (κ1) is 29.6. The minimum atomic E-state index is -0.838. The number of carbonyl (C=O) groups is 3. The number of piperazine rings is 1. The summed E-state index contributed by atoms with van der Waals surface area (Å²) in [4.78, 5) is 41.3. The molecule has 1 unspecified atom stereocenters. The van der Waals surface area contributed by atoms with Crippen molar-refractivity contribution in [2.45, 2.75) is 25.8 Å². The second-order valence-electron chi connectivity index (χ2n) is 10.2. The lowest BCUT2D eigenvalue weighted by atomic mass is 10.0. The predicted molar refractivity (Wildman–Crippen MR) is 160 cm³/mol. The Hall–Kier alpha value is -4.41. The number of carboxylic acid groups (broad SMARTS) is 1. The second-order valence-corrected chi connectivity index (χ2v) is 10.2. The van der Waals surface area contributed by atoms with E-state index in [9.17, 15) is 19.5 Å². The highest BCUT2D eigenvalue weighted by Gasteiger charge is 2.26. The van der Waals surface area contributed by atoms with Crippen molar-refractivity contribution in [3.8, 4) is 5.75 Å². The summed E-state index contributed by atoms with van der Waals surface area (Å²) in [7, 11) is 3.57. The molecule has 1 saturated heterocycles. The summed E-state index contributed by atoms with van der Waals surface area (Å²) in [5.74, 6) is -0.609. The minimum absolute atomic E-state index is 0.0235. The average molecular weight is 560 g/mol. The van der Waals surface area contributed by atoms with Crippen LogP contribution in [-0.4, -0.2) is 73.2 Å². The van der Waals surface area contributed by atoms with Crippen LogP contribution in [0.4, 0.5) is 21.9 Å². The summed E-state index contributed by atoms with van der Waals surface area (Å²) in [6, 6.07) is 19.4. The Morgan fingerprint density at radius 1 is 0.902 bits per heavy atom. The largest absolute Gasteiger partial charge is 0.495 e. The molecule has 1 fully saturated rings. The van der Waals surface area contributed by atoms with E-state index in [0.717, 1.165) is 42.9 Å². The third kappa shape index (κ3) is 8.29. The number of carboxylic acids is 1. The van der Waals surface area contributed by atoms with Crippen molar-refractivity contribution in [2.24, 2.45) is 0 Å². The number of aliphatic carboxylic acids is 1. The Morgan fingerprint density at radius 3 is 2.24 bits per heavy atom. The fraction of sp³-hybridized carbons (Fsp3) is 0.323. The Kier molecular flexibility index (Phi) is 9.94. The molecule has 10 heteroatoms. The lowest BCUT2D eigenvalue weighted by Gasteiger charge is -2.37. The highest BCUT2D eigenvalue weighted by molar-refractivity contribution is 6.01. The first-order chi connectivity index (χ1) is 19.7. The van der Waals surface area contributed by atoms with Crippen LogP contribution in [0.25, 0.3) is 0 Å². The molecular weight excluding hydrogens is 522 g/mol. The number of likely N-dealkylation sites (N-methyl/N-ethyl adjacent to an activating group) is 1. The lowest BCUT2D eigenvalue weighted by Crippen LogP contribution is -2.46. The zero-order chi connectivity index (χ0) is 29.4. The lowest BCUT2D eigenvalue weighted by molar-refractivity contribution is -0.138. The maximum Gasteiger partial charge on any atom is 0.323 e. The van der Waals surface area contributed by atoms with Gasteiger partial charge in [-0.2, -0.15) is 0 Å². The van der Waals surface area contributed by atoms with E-state index in [1.165, 1.54) is 7.11 Å². The van der Waals surface area contributed by atoms with Crippen LogP contribution in [0.5, 0.6) is 5.75 Å². The molecule has 1 aliphatic heterocycles. The van der Waals surface area contributed by atoms with E-state index in [4.69, 9.17) is 4.74 Å². The van der Waals surface area contributed by atoms with Crippen LogP contribution in [0, 0.1) is 6.92 Å². The number of urea groups is 1. The number of hydrogen-bond acceptors (Lipinski definition) is 6. The van der Waals surface area contributed by atoms with Crippen molar-refractivity contribution in [3.05, 3.63) is 83.4 Å². The molecule has 0 aromatic heterocycles. The molecule has 3 aromatic rings. The molecule has 0 saturated carbocycles. The van der Waals surface area contributed by atoms with E-state index in [0.29, 0.717) is 22.8 Å². The summed E-state index contributed by atoms with van der Waals surface area (Å²) >= 11 is 0. The van der Waals surface area contributed by atoms with E-state index in [1.54, 1.807) is 30.3 Å². The summed E-state index contributed by atoms with van der Waals surface area (Å²) in [6.07, 6.45) is 0.131. The van der Waals surface area contributed by atoms with Crippen molar-refractivity contribution in [2.75, 3.05) is 56.3 Å². The van der Waals surface area contributed by atoms with Gasteiger partial charge in [-0.3, -0.25) is 14.5 Å². The van der Waals surface area contributed by atoms with Crippen molar-refractivity contribution in [1.82, 2.24) is 9.80 Å². The molecule has 1 aliphatic rings. The van der Waals surface area contributed by atoms with Crippen molar-refractivity contribution in [3.63, 3.8) is 0 Å². The van der Waals surface area contributed by atoms with Crippen molar-refractivity contribution < 1.29 is 24.2 Å². The number of ether oxygens (including phenoxy) is 1. The number of anilines is 3. The highest BCUT2D eigenvalue weighted by Crippen LogP contribution is 2.28. The smallest absolute Gasteiger partial charge is 0.323 e. The van der Waals surface area contributed by atoms with Crippen LogP contribution in [-0.2, 0) is 16.0 Å². The molecule has 4 N–H and O–H groups in total. The third-order valence-electron chi connectivity index (χ3n) is 7.20. The van der Waals surface area contributed by atoms with Crippen LogP contribution in [0.1, 0.15) is 29.2 Å². The van der Waals surface area contributed by atoms with E-state index < -0.39 is 12.0 Å². The quantitative estimate of drug-likeness (QED) is 0.286. The Bertz CT molecular complexity index is 1370. The molecule has 0 spiro atoms. The monoisotopic (exact) mass is 559 g/mol. The molecule has 0 radical (unpaired) electrons. The molecular formula is C31H37N5O5. The predicted octanol–water partition coefficient (Wildman–Crippen LogP) is 4.59. The fourth-order valence-electron chi connectivity index (χ4n) is 4.87. The van der Waals surface area contributed by atoms with Gasteiger partial charge in [0.15, 0.2) is 0 Å². The van der Waals surface area contributed by atoms with E-state index in [-0.39, 0.29) is 24.8 Å². The molecule has 41 heavy (non-hydrogen) atoms. The summed E-state index contributed by atoms with van der Waals surface area (Å²) in [5.41, 5.74) is 4.40. The number of para-hydroxylation sites is 1. The molecule has 10 nitrogen and oxygen atoms in total. The molecule has 1 heterocycles. The van der Waals surface area contributed by atoms with Gasteiger partial charge in [-0.25, -0.2) is 4.79 Å². The summed E-state index contributed by atoms with van der Waals surface area (Å²) in [5, 5.41) is 18.0. The minimum Gasteiger partial charge on any atom is -0.495 e. The molecule has 0 aliphatic carbocycles. The fourth-order valence-corrected chi connectivity index (χ4v) is 4.87. The normalized spacial score (nSPS) is 14.6. The number of nitrogens with zero attached hydrogens (tertiary/aromatic N) is 2. The number of aryl methyl sites for hydroxylation is 1. The molecule has 0 bridgehead atoms. The van der Waals surface area contributed by atoms with Gasteiger partial charge in [-0.05, 0) is 61.0 Å². The Labute approximate surface area is 240 Å². The Balaban J connectivity index is 1.35. The van der Waals surface area contributed by atoms with Crippen molar-refractivity contribution in [1.29, 1.82) is 0 Å². The van der Waals surface area contributed by atoms with E-state index in [2.05, 4.69) is 32.8 Å². The number of methoxy groups -OCH3 is 1. The van der Waals surface area contributed by atoms with E-state index >= 15 is 0 Å². The van der Waals surface area contributed by atoms with Gasteiger partial charge in [-0.15, -0.1) is 0 Å². The van der Waals surface area contributed by atoms with Gasteiger partial charge >= 0.3 is 12.0 Å². The number of benzene rings is 3. The van der Waals surface area contributed by atoms with Crippen molar-refractivity contribution >= 4 is 35.0 Å². The zero-order valence-electron chi connectivity index (χ0n) is 23.6. The van der Waals surface area contributed by atoms with Gasteiger partial charge in [0, 0.05) is 43.6 Å². The third-order valence-corrected chi connectivity index (χ3v) is 7.20. The topological polar surface area (TPSA) is 123 Å².